The number of aliphatic hydroxyl groups excluding tert-OH is 2. The fraction of sp³-hybridized carbons (Fsp3) is 0.364. The van der Waals surface area contributed by atoms with E-state index in [2.05, 4.69) is 4.74 Å². The van der Waals surface area contributed by atoms with Crippen molar-refractivity contribution >= 4 is 11.7 Å². The van der Waals surface area contributed by atoms with Crippen LogP contribution in [-0.2, 0) is 9.53 Å². The van der Waals surface area contributed by atoms with Crippen LogP contribution >= 0.6 is 0 Å². The molecule has 6 heteroatoms. The number of anilines is 1. The van der Waals surface area contributed by atoms with Crippen molar-refractivity contribution in [2.75, 3.05) is 12.3 Å². The average molecular weight is 243 g/mol. The van der Waals surface area contributed by atoms with Crippen molar-refractivity contribution in [3.63, 3.8) is 0 Å². The van der Waals surface area contributed by atoms with Crippen molar-refractivity contribution in [1.82, 2.24) is 0 Å². The molecule has 2 unspecified atom stereocenters. The van der Waals surface area contributed by atoms with E-state index in [9.17, 15) is 19.4 Å². The molecule has 0 spiro atoms. The maximum atomic E-state index is 13.4. The number of carbonyl (C=O) groups is 1. The van der Waals surface area contributed by atoms with Crippen LogP contribution in [0.15, 0.2) is 18.2 Å². The molecular formula is C11H14FNO4. The number of ether oxygens (including phenoxy) is 1. The van der Waals surface area contributed by atoms with Gasteiger partial charge in [0.15, 0.2) is 6.10 Å². The van der Waals surface area contributed by atoms with Gasteiger partial charge in [-0.25, -0.2) is 9.18 Å². The van der Waals surface area contributed by atoms with E-state index >= 15 is 0 Å². The van der Waals surface area contributed by atoms with Gasteiger partial charge in [0.25, 0.3) is 0 Å². The largest absolute Gasteiger partial charge is 0.464 e. The molecule has 0 bridgehead atoms. The van der Waals surface area contributed by atoms with Crippen LogP contribution in [0.25, 0.3) is 0 Å². The fourth-order valence-electron chi connectivity index (χ4n) is 1.31. The van der Waals surface area contributed by atoms with Gasteiger partial charge in [-0.05, 0) is 19.1 Å². The molecule has 0 aliphatic heterocycles. The molecule has 0 amide bonds. The van der Waals surface area contributed by atoms with Gasteiger partial charge >= 0.3 is 5.97 Å². The maximum absolute atomic E-state index is 13.4. The van der Waals surface area contributed by atoms with E-state index in [-0.39, 0.29) is 17.9 Å². The lowest BCUT2D eigenvalue weighted by Crippen LogP contribution is -2.30. The van der Waals surface area contributed by atoms with Crippen LogP contribution in [0.2, 0.25) is 0 Å². The Balaban J connectivity index is 2.88. The molecule has 5 nitrogen and oxygen atoms in total. The number of halogens is 1. The number of nitrogens with two attached hydrogens (primary N) is 1. The van der Waals surface area contributed by atoms with E-state index in [1.807, 2.05) is 0 Å². The van der Waals surface area contributed by atoms with Crippen molar-refractivity contribution in [3.05, 3.63) is 29.6 Å². The Morgan fingerprint density at radius 3 is 2.71 bits per heavy atom. The number of carbonyl (C=O) groups excluding carboxylic acids is 1. The van der Waals surface area contributed by atoms with Gasteiger partial charge in [-0.15, -0.1) is 0 Å². The Kier molecular flexibility index (Phi) is 4.42. The van der Waals surface area contributed by atoms with E-state index in [1.54, 1.807) is 6.92 Å². The first-order chi connectivity index (χ1) is 7.97. The number of aliphatic hydroxyl groups is 2. The summed E-state index contributed by atoms with van der Waals surface area (Å²) in [4.78, 5) is 11.2. The van der Waals surface area contributed by atoms with Crippen LogP contribution in [0.3, 0.4) is 0 Å². The topological polar surface area (TPSA) is 92.8 Å². The lowest BCUT2D eigenvalue weighted by atomic mass is 10.0. The van der Waals surface area contributed by atoms with Gasteiger partial charge in [0.2, 0.25) is 0 Å². The second kappa shape index (κ2) is 5.60. The fourth-order valence-corrected chi connectivity index (χ4v) is 1.31. The molecule has 0 radical (unpaired) electrons. The molecule has 94 valence electrons. The number of benzene rings is 1. The molecule has 0 aliphatic rings. The van der Waals surface area contributed by atoms with Crippen LogP contribution in [0, 0.1) is 5.82 Å². The predicted octanol–water partition coefficient (Wildman–Crippen LogP) is 0.365. The predicted molar refractivity (Wildman–Crippen MR) is 58.4 cm³/mol. The number of hydrogen-bond donors (Lipinski definition) is 3. The number of rotatable bonds is 4. The zero-order valence-electron chi connectivity index (χ0n) is 9.26. The first-order valence-electron chi connectivity index (χ1n) is 5.05. The van der Waals surface area contributed by atoms with E-state index in [0.29, 0.717) is 0 Å². The van der Waals surface area contributed by atoms with Crippen molar-refractivity contribution < 1.29 is 24.1 Å². The SMILES string of the molecule is CCOC(=O)C(O)C(O)c1ccc(N)cc1F. The first kappa shape index (κ1) is 13.4. The minimum atomic E-state index is -1.83. The van der Waals surface area contributed by atoms with Gasteiger partial charge in [0.1, 0.15) is 11.9 Å². The van der Waals surface area contributed by atoms with Crippen LogP contribution in [0.4, 0.5) is 10.1 Å². The molecule has 0 fully saturated rings. The Morgan fingerprint density at radius 2 is 2.18 bits per heavy atom. The summed E-state index contributed by atoms with van der Waals surface area (Å²) in [7, 11) is 0. The molecule has 2 atom stereocenters. The molecule has 0 aromatic heterocycles. The number of esters is 1. The van der Waals surface area contributed by atoms with Gasteiger partial charge in [0.05, 0.1) is 6.61 Å². The third-order valence-corrected chi connectivity index (χ3v) is 2.17. The third kappa shape index (κ3) is 3.15. The molecule has 0 saturated carbocycles. The highest BCUT2D eigenvalue weighted by atomic mass is 19.1. The molecule has 0 heterocycles. The third-order valence-electron chi connectivity index (χ3n) is 2.17. The Morgan fingerprint density at radius 1 is 1.53 bits per heavy atom. The first-order valence-corrected chi connectivity index (χ1v) is 5.05. The molecule has 17 heavy (non-hydrogen) atoms. The van der Waals surface area contributed by atoms with Crippen molar-refractivity contribution in [1.29, 1.82) is 0 Å². The van der Waals surface area contributed by atoms with Crippen molar-refractivity contribution in [2.24, 2.45) is 0 Å². The molecular weight excluding hydrogens is 229 g/mol. The molecule has 1 rings (SSSR count). The van der Waals surface area contributed by atoms with Gasteiger partial charge in [0, 0.05) is 11.3 Å². The lowest BCUT2D eigenvalue weighted by Gasteiger charge is -2.17. The Labute approximate surface area is 97.6 Å². The van der Waals surface area contributed by atoms with Crippen LogP contribution < -0.4 is 5.73 Å². The van der Waals surface area contributed by atoms with E-state index in [0.717, 1.165) is 6.07 Å². The van der Waals surface area contributed by atoms with Gasteiger partial charge in [-0.2, -0.15) is 0 Å². The highest BCUT2D eigenvalue weighted by molar-refractivity contribution is 5.75. The maximum Gasteiger partial charge on any atom is 0.338 e. The zero-order chi connectivity index (χ0) is 13.0. The van der Waals surface area contributed by atoms with E-state index < -0.39 is 24.0 Å². The summed E-state index contributed by atoms with van der Waals surface area (Å²) in [5.74, 6) is -1.79. The summed E-state index contributed by atoms with van der Waals surface area (Å²) in [6.07, 6.45) is -3.51. The Bertz CT molecular complexity index is 410. The summed E-state index contributed by atoms with van der Waals surface area (Å²) < 4.78 is 17.9. The quantitative estimate of drug-likeness (QED) is 0.524. The minimum absolute atomic E-state index is 0.0623. The second-order valence-electron chi connectivity index (χ2n) is 3.42. The molecule has 1 aromatic carbocycles. The summed E-state index contributed by atoms with van der Waals surface area (Å²) >= 11 is 0. The van der Waals surface area contributed by atoms with Crippen LogP contribution in [-0.4, -0.2) is 28.9 Å². The lowest BCUT2D eigenvalue weighted by molar-refractivity contribution is -0.159. The normalized spacial score (nSPS) is 14.1. The highest BCUT2D eigenvalue weighted by Gasteiger charge is 2.28. The zero-order valence-corrected chi connectivity index (χ0v) is 9.26. The molecule has 0 aliphatic carbocycles. The van der Waals surface area contributed by atoms with Crippen molar-refractivity contribution in [3.8, 4) is 0 Å². The van der Waals surface area contributed by atoms with Crippen LogP contribution in [0.5, 0.6) is 0 Å². The van der Waals surface area contributed by atoms with Gasteiger partial charge in [-0.3, -0.25) is 0 Å². The smallest absolute Gasteiger partial charge is 0.338 e. The monoisotopic (exact) mass is 243 g/mol. The number of nitrogen functional groups attached to an aromatic ring is 1. The average Bonchev–Trinajstić information content (AvgIpc) is 2.27. The summed E-state index contributed by atoms with van der Waals surface area (Å²) in [5, 5.41) is 19.1. The minimum Gasteiger partial charge on any atom is -0.464 e. The van der Waals surface area contributed by atoms with Crippen LogP contribution in [0.1, 0.15) is 18.6 Å². The highest BCUT2D eigenvalue weighted by Crippen LogP contribution is 2.22. The van der Waals surface area contributed by atoms with E-state index in [1.165, 1.54) is 12.1 Å². The second-order valence-corrected chi connectivity index (χ2v) is 3.42. The molecule has 1 aromatic rings. The van der Waals surface area contributed by atoms with Gasteiger partial charge in [-0.1, -0.05) is 6.07 Å². The van der Waals surface area contributed by atoms with Gasteiger partial charge < -0.3 is 20.7 Å². The molecule has 0 saturated heterocycles. The standard InChI is InChI=1S/C11H14FNO4/c1-2-17-11(16)10(15)9(14)7-4-3-6(13)5-8(7)12/h3-5,9-10,14-15H,2,13H2,1H3. The number of hydrogen-bond acceptors (Lipinski definition) is 5. The Hall–Kier alpha value is -1.66. The summed E-state index contributed by atoms with van der Waals surface area (Å²) in [6, 6.07) is 3.56. The molecule has 4 N–H and O–H groups in total. The summed E-state index contributed by atoms with van der Waals surface area (Å²) in [5.41, 5.74) is 5.31. The van der Waals surface area contributed by atoms with E-state index in [4.69, 9.17) is 5.73 Å². The summed E-state index contributed by atoms with van der Waals surface area (Å²) in [6.45, 7) is 1.62. The van der Waals surface area contributed by atoms with Crippen molar-refractivity contribution in [2.45, 2.75) is 19.1 Å².